The van der Waals surface area contributed by atoms with Gasteiger partial charge in [-0.3, -0.25) is 4.98 Å². The lowest BCUT2D eigenvalue weighted by Crippen LogP contribution is -2.53. The van der Waals surface area contributed by atoms with Crippen molar-refractivity contribution in [2.75, 3.05) is 33.3 Å². The molecule has 3 atom stereocenters. The number of fused-ring (bicyclic) bond motifs is 1. The van der Waals surface area contributed by atoms with Crippen molar-refractivity contribution in [2.24, 2.45) is 5.92 Å². The zero-order valence-corrected chi connectivity index (χ0v) is 16.9. The Morgan fingerprint density at radius 1 is 1.38 bits per heavy atom. The number of carboxylic acid groups (broad SMARTS) is 1. The molecule has 2 saturated heterocycles. The van der Waals surface area contributed by atoms with Crippen LogP contribution < -0.4 is 0 Å². The van der Waals surface area contributed by atoms with Gasteiger partial charge < -0.3 is 14.7 Å². The Morgan fingerprint density at radius 3 is 2.52 bits per heavy atom. The van der Waals surface area contributed by atoms with E-state index in [2.05, 4.69) is 16.8 Å². The minimum atomic E-state index is -5.08. The lowest BCUT2D eigenvalue weighted by Gasteiger charge is -2.40. The first-order valence-corrected chi connectivity index (χ1v) is 10.4. The number of carbonyl (C=O) groups is 1. The Labute approximate surface area is 167 Å². The molecule has 164 valence electrons. The zero-order valence-electron chi connectivity index (χ0n) is 16.0. The topological polar surface area (TPSA) is 100 Å². The first-order valence-electron chi connectivity index (χ1n) is 8.99. The third-order valence-corrected chi connectivity index (χ3v) is 7.03. The number of pyridine rings is 1. The van der Waals surface area contributed by atoms with E-state index >= 15 is 0 Å². The fourth-order valence-corrected chi connectivity index (χ4v) is 5.32. The Kier molecular flexibility index (Phi) is 7.60. The fourth-order valence-electron chi connectivity index (χ4n) is 3.68. The first-order chi connectivity index (χ1) is 13.5. The van der Waals surface area contributed by atoms with Crippen molar-refractivity contribution in [1.82, 2.24) is 14.2 Å². The average molecular weight is 439 g/mol. The van der Waals surface area contributed by atoms with Crippen LogP contribution in [0.15, 0.2) is 29.4 Å². The van der Waals surface area contributed by atoms with Crippen molar-refractivity contribution in [3.63, 3.8) is 0 Å². The molecule has 0 radical (unpaired) electrons. The third-order valence-electron chi connectivity index (χ3n) is 5.12. The van der Waals surface area contributed by atoms with Crippen molar-refractivity contribution in [3.05, 3.63) is 24.5 Å². The highest BCUT2D eigenvalue weighted by Crippen LogP contribution is 2.35. The molecule has 0 saturated carbocycles. The lowest BCUT2D eigenvalue weighted by molar-refractivity contribution is -0.192. The number of ether oxygens (including phenoxy) is 1. The summed E-state index contributed by atoms with van der Waals surface area (Å²) in [6.07, 6.45) is -1.18. The zero-order chi connectivity index (χ0) is 21.8. The molecule has 12 heteroatoms. The summed E-state index contributed by atoms with van der Waals surface area (Å²) in [7, 11) is -1.77. The maximum Gasteiger partial charge on any atom is 0.490 e. The van der Waals surface area contributed by atoms with Gasteiger partial charge in [-0.05, 0) is 25.1 Å². The van der Waals surface area contributed by atoms with Crippen LogP contribution in [0.2, 0.25) is 0 Å². The minimum absolute atomic E-state index is 0.0103. The van der Waals surface area contributed by atoms with Gasteiger partial charge in [0.1, 0.15) is 4.90 Å². The molecular weight excluding hydrogens is 415 g/mol. The number of aromatic nitrogens is 1. The number of alkyl halides is 3. The van der Waals surface area contributed by atoms with Gasteiger partial charge in [-0.15, -0.1) is 0 Å². The Bertz CT molecular complexity index is 791. The maximum absolute atomic E-state index is 12.9. The van der Waals surface area contributed by atoms with Crippen LogP contribution in [-0.4, -0.2) is 85.3 Å². The van der Waals surface area contributed by atoms with E-state index in [1.165, 1.54) is 6.20 Å². The number of piperidine rings is 1. The monoisotopic (exact) mass is 439 g/mol. The summed E-state index contributed by atoms with van der Waals surface area (Å²) in [5.41, 5.74) is 0. The number of sulfonamides is 1. The molecule has 0 bridgehead atoms. The Balaban J connectivity index is 0.000000370. The predicted octanol–water partition coefficient (Wildman–Crippen LogP) is 1.44. The molecule has 2 aliphatic rings. The summed E-state index contributed by atoms with van der Waals surface area (Å²) < 4.78 is 64.9. The molecule has 0 unspecified atom stereocenters. The van der Waals surface area contributed by atoms with Crippen LogP contribution in [0.3, 0.4) is 0 Å². The van der Waals surface area contributed by atoms with Gasteiger partial charge in [-0.1, -0.05) is 6.92 Å². The second-order valence-electron chi connectivity index (χ2n) is 6.75. The van der Waals surface area contributed by atoms with Gasteiger partial charge >= 0.3 is 12.1 Å². The predicted molar refractivity (Wildman–Crippen MR) is 96.6 cm³/mol. The summed E-state index contributed by atoms with van der Waals surface area (Å²) in [6, 6.07) is 3.27. The molecule has 1 N–H and O–H groups in total. The Morgan fingerprint density at radius 2 is 2.03 bits per heavy atom. The van der Waals surface area contributed by atoms with E-state index in [9.17, 15) is 21.6 Å². The number of hydrogen-bond acceptors (Lipinski definition) is 6. The van der Waals surface area contributed by atoms with E-state index in [1.54, 1.807) is 29.7 Å². The highest BCUT2D eigenvalue weighted by atomic mass is 32.2. The number of carboxylic acids is 1. The van der Waals surface area contributed by atoms with Gasteiger partial charge in [0, 0.05) is 51.1 Å². The van der Waals surface area contributed by atoms with Crippen molar-refractivity contribution in [2.45, 2.75) is 36.6 Å². The van der Waals surface area contributed by atoms with Crippen molar-refractivity contribution < 1.29 is 36.2 Å². The SMILES string of the molecule is CCN1C[C@H]2[C@@H](C1)N(S(=O)(=O)c1cccnc1)CC[C@H]2OC.O=C(O)C(F)(F)F. The fraction of sp³-hybridized carbons (Fsp3) is 0.647. The van der Waals surface area contributed by atoms with Crippen LogP contribution in [-0.2, 0) is 19.6 Å². The lowest BCUT2D eigenvalue weighted by atomic mass is 9.91. The van der Waals surface area contributed by atoms with Crippen LogP contribution in [0.25, 0.3) is 0 Å². The number of nitrogens with zero attached hydrogens (tertiary/aromatic N) is 3. The van der Waals surface area contributed by atoms with Gasteiger partial charge in [0.2, 0.25) is 10.0 Å². The van der Waals surface area contributed by atoms with E-state index in [0.717, 1.165) is 26.1 Å². The van der Waals surface area contributed by atoms with Crippen molar-refractivity contribution in [1.29, 1.82) is 0 Å². The maximum atomic E-state index is 12.9. The van der Waals surface area contributed by atoms with Crippen molar-refractivity contribution >= 4 is 16.0 Å². The summed E-state index contributed by atoms with van der Waals surface area (Å²) in [5, 5.41) is 7.12. The Hall–Kier alpha value is -1.76. The number of aliphatic carboxylic acids is 1. The molecule has 1 aromatic rings. The molecule has 2 fully saturated rings. The van der Waals surface area contributed by atoms with Crippen LogP contribution in [0.1, 0.15) is 13.3 Å². The second-order valence-corrected chi connectivity index (χ2v) is 8.64. The summed E-state index contributed by atoms with van der Waals surface area (Å²) in [4.78, 5) is 15.4. The molecule has 0 aliphatic carbocycles. The van der Waals surface area contributed by atoms with Crippen molar-refractivity contribution in [3.8, 4) is 0 Å². The van der Waals surface area contributed by atoms with Crippen LogP contribution >= 0.6 is 0 Å². The van der Waals surface area contributed by atoms with E-state index < -0.39 is 22.2 Å². The summed E-state index contributed by atoms with van der Waals surface area (Å²) >= 11 is 0. The summed E-state index contributed by atoms with van der Waals surface area (Å²) in [5.74, 6) is -2.52. The van der Waals surface area contributed by atoms with E-state index in [4.69, 9.17) is 14.6 Å². The molecule has 0 aromatic carbocycles. The van der Waals surface area contributed by atoms with Crippen LogP contribution in [0.4, 0.5) is 13.2 Å². The van der Waals surface area contributed by atoms with Crippen LogP contribution in [0.5, 0.6) is 0 Å². The van der Waals surface area contributed by atoms with Gasteiger partial charge in [-0.25, -0.2) is 13.2 Å². The molecule has 3 heterocycles. The van der Waals surface area contributed by atoms with Gasteiger partial charge in [0.25, 0.3) is 0 Å². The number of likely N-dealkylation sites (tertiary alicyclic amines) is 1. The molecule has 29 heavy (non-hydrogen) atoms. The van der Waals surface area contributed by atoms with Crippen LogP contribution in [0, 0.1) is 5.92 Å². The van der Waals surface area contributed by atoms with E-state index in [-0.39, 0.29) is 23.0 Å². The standard InChI is InChI=1S/C15H23N3O3S.C2HF3O2/c1-3-17-10-13-14(11-17)18(8-6-15(13)21-2)22(19,20)12-5-4-7-16-9-12;3-2(4,5)1(6)7/h4-5,7,9,13-15H,3,6,8,10-11H2,1-2H3;(H,6,7)/t13-,14+,15+;/m0./s1. The molecule has 0 amide bonds. The van der Waals surface area contributed by atoms with Gasteiger partial charge in [-0.2, -0.15) is 17.5 Å². The normalized spacial score (nSPS) is 25.8. The quantitative estimate of drug-likeness (QED) is 0.758. The number of rotatable bonds is 4. The largest absolute Gasteiger partial charge is 0.490 e. The first kappa shape index (κ1) is 23.5. The molecule has 0 spiro atoms. The highest BCUT2D eigenvalue weighted by molar-refractivity contribution is 7.89. The smallest absolute Gasteiger partial charge is 0.475 e. The number of hydrogen-bond donors (Lipinski definition) is 1. The third kappa shape index (κ3) is 5.44. The minimum Gasteiger partial charge on any atom is -0.475 e. The highest BCUT2D eigenvalue weighted by Gasteiger charge is 2.48. The molecule has 2 aliphatic heterocycles. The number of likely N-dealkylation sites (N-methyl/N-ethyl adjacent to an activating group) is 1. The molecule has 3 rings (SSSR count). The average Bonchev–Trinajstić information content (AvgIpc) is 3.12. The number of halogens is 3. The summed E-state index contributed by atoms with van der Waals surface area (Å²) in [6.45, 7) is 5.23. The molecule has 1 aromatic heterocycles. The molecule has 8 nitrogen and oxygen atoms in total. The van der Waals surface area contributed by atoms with Gasteiger partial charge in [0.15, 0.2) is 0 Å². The van der Waals surface area contributed by atoms with E-state index in [1.807, 2.05) is 0 Å². The van der Waals surface area contributed by atoms with Gasteiger partial charge in [0.05, 0.1) is 6.10 Å². The molecular formula is C17H24F3N3O5S. The number of methoxy groups -OCH3 is 1. The second kappa shape index (κ2) is 9.37. The van der Waals surface area contributed by atoms with E-state index in [0.29, 0.717) is 6.54 Å².